The van der Waals surface area contributed by atoms with E-state index in [2.05, 4.69) is 15.0 Å². The SMILES string of the molecule is Cn1c(=O)n(C(OC(=O)C(F)(F)F)C(=O)N2CCOCC2)c(=O)c2c1nc(N1CCC3=C1CNC3)n2Cc1ccc(F)cc1. The van der Waals surface area contributed by atoms with Crippen molar-refractivity contribution in [1.82, 2.24) is 28.9 Å². The Hall–Kier alpha value is -4.51. The summed E-state index contributed by atoms with van der Waals surface area (Å²) in [4.78, 5) is 60.9. The molecule has 0 aliphatic carbocycles. The first kappa shape index (κ1) is 29.6. The number of ether oxygens (including phenoxy) is 2. The lowest BCUT2D eigenvalue weighted by Gasteiger charge is -2.30. The summed E-state index contributed by atoms with van der Waals surface area (Å²) in [7, 11) is 1.24. The van der Waals surface area contributed by atoms with Gasteiger partial charge in [0.25, 0.3) is 17.7 Å². The van der Waals surface area contributed by atoms with Crippen molar-refractivity contribution in [3.63, 3.8) is 0 Å². The van der Waals surface area contributed by atoms with Crippen molar-refractivity contribution in [1.29, 1.82) is 0 Å². The number of hydrogen-bond donors (Lipinski definition) is 1. The number of aryl methyl sites for hydroxylation is 1. The van der Waals surface area contributed by atoms with Gasteiger partial charge in [0.1, 0.15) is 5.82 Å². The molecule has 1 amide bonds. The molecule has 234 valence electrons. The highest BCUT2D eigenvalue weighted by molar-refractivity contribution is 5.84. The lowest BCUT2D eigenvalue weighted by Crippen LogP contribution is -2.52. The number of esters is 1. The Balaban J connectivity index is 1.57. The summed E-state index contributed by atoms with van der Waals surface area (Å²) in [6.07, 6.45) is -7.36. The second-order valence-corrected chi connectivity index (χ2v) is 10.6. The second kappa shape index (κ2) is 11.2. The van der Waals surface area contributed by atoms with Crippen LogP contribution in [-0.2, 0) is 32.7 Å². The van der Waals surface area contributed by atoms with E-state index in [1.54, 1.807) is 0 Å². The number of hydrogen-bond acceptors (Lipinski definition) is 9. The first-order chi connectivity index (χ1) is 21.0. The predicted molar refractivity (Wildman–Crippen MR) is 145 cm³/mol. The van der Waals surface area contributed by atoms with Gasteiger partial charge in [-0.25, -0.2) is 18.5 Å². The van der Waals surface area contributed by atoms with Crippen LogP contribution in [0.25, 0.3) is 11.2 Å². The van der Waals surface area contributed by atoms with Crippen LogP contribution in [0, 0.1) is 5.82 Å². The smallest absolute Gasteiger partial charge is 0.424 e. The van der Waals surface area contributed by atoms with Gasteiger partial charge in [-0.05, 0) is 29.7 Å². The van der Waals surface area contributed by atoms with Crippen molar-refractivity contribution in [2.75, 3.05) is 50.8 Å². The van der Waals surface area contributed by atoms with Crippen molar-refractivity contribution < 1.29 is 36.6 Å². The second-order valence-electron chi connectivity index (χ2n) is 10.6. The number of anilines is 1. The van der Waals surface area contributed by atoms with E-state index in [9.17, 15) is 36.7 Å². The fourth-order valence-corrected chi connectivity index (χ4v) is 5.66. The average molecular weight is 622 g/mol. The van der Waals surface area contributed by atoms with E-state index in [4.69, 9.17) is 4.74 Å². The first-order valence-electron chi connectivity index (χ1n) is 13.8. The van der Waals surface area contributed by atoms with Gasteiger partial charge in [-0.1, -0.05) is 12.1 Å². The van der Waals surface area contributed by atoms with E-state index in [0.29, 0.717) is 25.2 Å². The molecule has 1 aromatic carbocycles. The van der Waals surface area contributed by atoms with Crippen LogP contribution in [0.3, 0.4) is 0 Å². The Labute approximate surface area is 245 Å². The molecule has 1 fully saturated rings. The number of aromatic nitrogens is 4. The number of benzene rings is 1. The number of carbonyl (C=O) groups is 2. The van der Waals surface area contributed by atoms with Crippen LogP contribution in [-0.4, -0.2) is 87.6 Å². The molecule has 1 atom stereocenters. The lowest BCUT2D eigenvalue weighted by atomic mass is 10.2. The first-order valence-corrected chi connectivity index (χ1v) is 13.8. The number of carbonyl (C=O) groups excluding carboxylic acids is 2. The molecular weight excluding hydrogens is 594 g/mol. The molecule has 0 saturated carbocycles. The van der Waals surface area contributed by atoms with Gasteiger partial charge < -0.3 is 24.6 Å². The fourth-order valence-electron chi connectivity index (χ4n) is 5.66. The fraction of sp³-hybridized carbons (Fsp3) is 0.444. The number of imidazole rings is 1. The van der Waals surface area contributed by atoms with Crippen LogP contribution in [0.2, 0.25) is 0 Å². The van der Waals surface area contributed by atoms with E-state index >= 15 is 0 Å². The van der Waals surface area contributed by atoms with Gasteiger partial charge in [-0.2, -0.15) is 18.2 Å². The zero-order valence-electron chi connectivity index (χ0n) is 23.4. The van der Waals surface area contributed by atoms with E-state index in [1.807, 2.05) is 4.90 Å². The van der Waals surface area contributed by atoms with Crippen molar-refractivity contribution in [3.05, 3.63) is 67.8 Å². The number of morpholine rings is 1. The minimum atomic E-state index is -5.52. The molecule has 1 saturated heterocycles. The minimum Gasteiger partial charge on any atom is -0.424 e. The van der Waals surface area contributed by atoms with Crippen molar-refractivity contribution in [2.24, 2.45) is 7.05 Å². The van der Waals surface area contributed by atoms with Crippen molar-refractivity contribution in [2.45, 2.75) is 25.4 Å². The normalized spacial score (nSPS) is 17.8. The van der Waals surface area contributed by atoms with Crippen LogP contribution in [0.15, 0.2) is 45.1 Å². The Morgan fingerprint density at radius 3 is 2.48 bits per heavy atom. The molecule has 3 aromatic rings. The number of nitrogens with zero attached hydrogens (tertiary/aromatic N) is 6. The molecule has 3 aliphatic heterocycles. The average Bonchev–Trinajstić information content (AvgIpc) is 3.71. The Morgan fingerprint density at radius 1 is 1.09 bits per heavy atom. The molecular formula is C27H27F4N7O6. The van der Waals surface area contributed by atoms with Crippen LogP contribution >= 0.6 is 0 Å². The summed E-state index contributed by atoms with van der Waals surface area (Å²) >= 11 is 0. The molecule has 1 N–H and O–H groups in total. The van der Waals surface area contributed by atoms with Crippen molar-refractivity contribution in [3.8, 4) is 0 Å². The molecule has 3 aliphatic rings. The van der Waals surface area contributed by atoms with Crippen LogP contribution in [0.1, 0.15) is 18.2 Å². The monoisotopic (exact) mass is 621 g/mol. The third kappa shape index (κ3) is 5.15. The summed E-state index contributed by atoms with van der Waals surface area (Å²) < 4.78 is 66.1. The van der Waals surface area contributed by atoms with Crippen LogP contribution in [0.5, 0.6) is 0 Å². The number of alkyl halides is 3. The molecule has 44 heavy (non-hydrogen) atoms. The van der Waals surface area contributed by atoms with E-state index in [-0.39, 0.29) is 54.5 Å². The standard InChI is InChI=1S/C27H27F4N7O6/c1-34-20-19(21(39)38(26(34)42)23(44-24(41)27(29,30)31)22(40)35-8-10-43-11-9-35)37(14-15-2-4-17(28)5-3-15)25(33-20)36-7-6-16-12-32-13-18(16)36/h2-5,23,32H,6-14H2,1H3. The van der Waals surface area contributed by atoms with Gasteiger partial charge in [-0.15, -0.1) is 0 Å². The molecule has 1 unspecified atom stereocenters. The topological polar surface area (TPSA) is 133 Å². The number of fused-ring (bicyclic) bond motifs is 1. The molecule has 2 aromatic heterocycles. The maximum Gasteiger partial charge on any atom is 0.491 e. The van der Waals surface area contributed by atoms with Crippen LogP contribution < -0.4 is 21.5 Å². The van der Waals surface area contributed by atoms with E-state index in [1.165, 1.54) is 35.9 Å². The van der Waals surface area contributed by atoms with Gasteiger partial charge >= 0.3 is 17.8 Å². The molecule has 17 heteroatoms. The summed E-state index contributed by atoms with van der Waals surface area (Å²) in [6, 6.07) is 5.44. The molecule has 5 heterocycles. The van der Waals surface area contributed by atoms with Gasteiger partial charge in [0, 0.05) is 45.5 Å². The number of rotatable bonds is 6. The van der Waals surface area contributed by atoms with E-state index in [0.717, 1.165) is 27.2 Å². The molecule has 6 rings (SSSR count). The predicted octanol–water partition coefficient (Wildman–Crippen LogP) is 0.614. The maximum atomic E-state index is 14.2. The maximum absolute atomic E-state index is 14.2. The highest BCUT2D eigenvalue weighted by atomic mass is 19.4. The number of nitrogens with one attached hydrogen (secondary N) is 1. The summed E-state index contributed by atoms with van der Waals surface area (Å²) in [6.45, 7) is 1.64. The van der Waals surface area contributed by atoms with E-state index < -0.39 is 41.3 Å². The third-order valence-corrected chi connectivity index (χ3v) is 7.88. The third-order valence-electron chi connectivity index (χ3n) is 7.88. The molecule has 0 spiro atoms. The molecule has 0 bridgehead atoms. The lowest BCUT2D eigenvalue weighted by molar-refractivity contribution is -0.211. The summed E-state index contributed by atoms with van der Waals surface area (Å²) in [5.74, 6) is -4.16. The Bertz CT molecular complexity index is 1790. The minimum absolute atomic E-state index is 0.0451. The Kier molecular flexibility index (Phi) is 7.53. The largest absolute Gasteiger partial charge is 0.491 e. The summed E-state index contributed by atoms with van der Waals surface area (Å²) in [5.41, 5.74) is -0.108. The zero-order valence-corrected chi connectivity index (χ0v) is 23.4. The van der Waals surface area contributed by atoms with Crippen molar-refractivity contribution >= 4 is 29.0 Å². The van der Waals surface area contributed by atoms with Gasteiger partial charge in [0.15, 0.2) is 11.2 Å². The van der Waals surface area contributed by atoms with Gasteiger partial charge in [-0.3, -0.25) is 18.7 Å². The Morgan fingerprint density at radius 2 is 1.80 bits per heavy atom. The molecule has 0 radical (unpaired) electrons. The van der Waals surface area contributed by atoms with Gasteiger partial charge in [0.2, 0.25) is 5.95 Å². The highest BCUT2D eigenvalue weighted by Gasteiger charge is 2.46. The summed E-state index contributed by atoms with van der Waals surface area (Å²) in [5, 5.41) is 3.26. The quantitative estimate of drug-likeness (QED) is 0.311. The number of halogens is 4. The van der Waals surface area contributed by atoms with Gasteiger partial charge in [0.05, 0.1) is 19.8 Å². The zero-order chi connectivity index (χ0) is 31.3. The van der Waals surface area contributed by atoms with Crippen LogP contribution in [0.4, 0.5) is 23.5 Å². The number of amides is 1. The highest BCUT2D eigenvalue weighted by Crippen LogP contribution is 2.32. The molecule has 13 nitrogen and oxygen atoms in total.